The Morgan fingerprint density at radius 2 is 1.82 bits per heavy atom. The number of nitrogens with one attached hydrogen (secondary N) is 1. The first-order valence-electron chi connectivity index (χ1n) is 6.40. The van der Waals surface area contributed by atoms with Crippen LogP contribution in [0.15, 0.2) is 45.9 Å². The van der Waals surface area contributed by atoms with Crippen LogP contribution in [0.4, 0.5) is 5.69 Å². The highest BCUT2D eigenvalue weighted by molar-refractivity contribution is 7.93. The molecule has 3 rings (SSSR count). The average molecular weight is 319 g/mol. The van der Waals surface area contributed by atoms with Crippen molar-refractivity contribution in [3.63, 3.8) is 0 Å². The number of hydrogen-bond donors (Lipinski definition) is 1. The van der Waals surface area contributed by atoms with Gasteiger partial charge in [-0.15, -0.1) is 0 Å². The molecule has 2 aromatic carbocycles. The lowest BCUT2D eigenvalue weighted by molar-refractivity contribution is 0.313. The Morgan fingerprint density at radius 1 is 1.09 bits per heavy atom. The molecule has 7 nitrogen and oxygen atoms in total. The van der Waals surface area contributed by atoms with Crippen LogP contribution in [0.2, 0.25) is 0 Å². The lowest BCUT2D eigenvalue weighted by atomic mass is 10.2. The predicted octanol–water partition coefficient (Wildman–Crippen LogP) is 2.34. The summed E-state index contributed by atoms with van der Waals surface area (Å²) in [5.41, 5.74) is 1.70. The Balaban J connectivity index is 2.10. The van der Waals surface area contributed by atoms with Crippen LogP contribution in [0.3, 0.4) is 0 Å². The van der Waals surface area contributed by atoms with Gasteiger partial charge in [-0.2, -0.15) is 0 Å². The van der Waals surface area contributed by atoms with Gasteiger partial charge in [-0.25, -0.2) is 13.0 Å². The maximum Gasteiger partial charge on any atom is 0.264 e. The van der Waals surface area contributed by atoms with Crippen molar-refractivity contribution in [2.24, 2.45) is 0 Å². The number of fused-ring (bicyclic) bond motifs is 1. The fraction of sp³-hybridized carbons (Fsp3) is 0.143. The first-order valence-corrected chi connectivity index (χ1v) is 7.89. The molecule has 0 atom stereocenters. The third kappa shape index (κ3) is 2.37. The summed E-state index contributed by atoms with van der Waals surface area (Å²) in [6.45, 7) is 1.82. The molecule has 1 N–H and O–H groups in total. The normalized spacial score (nSPS) is 11.5. The van der Waals surface area contributed by atoms with E-state index in [-0.39, 0.29) is 15.9 Å². The van der Waals surface area contributed by atoms with Gasteiger partial charge < -0.3 is 4.74 Å². The second-order valence-corrected chi connectivity index (χ2v) is 6.30. The minimum Gasteiger partial charge on any atom is -0.494 e. The van der Waals surface area contributed by atoms with Crippen molar-refractivity contribution in [1.82, 2.24) is 10.3 Å². The molecule has 1 heterocycles. The van der Waals surface area contributed by atoms with E-state index < -0.39 is 10.0 Å². The number of sulfonamides is 1. The van der Waals surface area contributed by atoms with Gasteiger partial charge in [0.05, 0.1) is 12.8 Å². The van der Waals surface area contributed by atoms with Crippen molar-refractivity contribution >= 4 is 26.7 Å². The van der Waals surface area contributed by atoms with Gasteiger partial charge in [0, 0.05) is 0 Å². The van der Waals surface area contributed by atoms with Gasteiger partial charge in [0.25, 0.3) is 10.0 Å². The van der Waals surface area contributed by atoms with E-state index >= 15 is 0 Å². The summed E-state index contributed by atoms with van der Waals surface area (Å²) < 4.78 is 37.5. The quantitative estimate of drug-likeness (QED) is 0.793. The zero-order chi connectivity index (χ0) is 15.7. The minimum atomic E-state index is -3.83. The average Bonchev–Trinajstić information content (AvgIpc) is 2.97. The summed E-state index contributed by atoms with van der Waals surface area (Å²) in [6, 6.07) is 10.0. The molecule has 0 radical (unpaired) electrons. The maximum atomic E-state index is 12.6. The highest BCUT2D eigenvalue weighted by atomic mass is 32.2. The third-order valence-corrected chi connectivity index (χ3v) is 4.64. The zero-order valence-corrected chi connectivity index (χ0v) is 12.7. The monoisotopic (exact) mass is 319 g/mol. The Labute approximate surface area is 126 Å². The molecule has 0 saturated carbocycles. The number of rotatable bonds is 4. The molecular formula is C14H13N3O4S. The molecule has 0 bridgehead atoms. The van der Waals surface area contributed by atoms with Crippen molar-refractivity contribution in [2.75, 3.05) is 11.8 Å². The Kier molecular flexibility index (Phi) is 3.45. The molecule has 8 heteroatoms. The largest absolute Gasteiger partial charge is 0.494 e. The van der Waals surface area contributed by atoms with Crippen LogP contribution in [0, 0.1) is 6.92 Å². The van der Waals surface area contributed by atoms with Gasteiger partial charge in [0.2, 0.25) is 0 Å². The summed E-state index contributed by atoms with van der Waals surface area (Å²) in [4.78, 5) is -0.0206. The number of aromatic nitrogens is 2. The zero-order valence-electron chi connectivity index (χ0n) is 11.9. The molecule has 0 spiro atoms. The van der Waals surface area contributed by atoms with Gasteiger partial charge in [0.15, 0.2) is 11.0 Å². The van der Waals surface area contributed by atoms with Crippen molar-refractivity contribution in [2.45, 2.75) is 11.8 Å². The summed E-state index contributed by atoms with van der Waals surface area (Å²) in [5, 5.41) is 7.36. The highest BCUT2D eigenvalue weighted by Crippen LogP contribution is 2.29. The molecule has 0 unspecified atom stereocenters. The van der Waals surface area contributed by atoms with Crippen LogP contribution in [-0.2, 0) is 10.0 Å². The van der Waals surface area contributed by atoms with Gasteiger partial charge in [-0.05, 0) is 41.0 Å². The fourth-order valence-electron chi connectivity index (χ4n) is 2.09. The van der Waals surface area contributed by atoms with E-state index in [0.29, 0.717) is 11.4 Å². The first-order chi connectivity index (χ1) is 10.5. The van der Waals surface area contributed by atoms with Crippen LogP contribution in [0.25, 0.3) is 11.0 Å². The Morgan fingerprint density at radius 3 is 2.55 bits per heavy atom. The van der Waals surface area contributed by atoms with E-state index in [9.17, 15) is 8.42 Å². The molecule has 0 saturated heterocycles. The van der Waals surface area contributed by atoms with Gasteiger partial charge in [0.1, 0.15) is 10.6 Å². The number of methoxy groups -OCH3 is 1. The Bertz CT molecular complexity index is 934. The number of ether oxygens (including phenoxy) is 1. The summed E-state index contributed by atoms with van der Waals surface area (Å²) in [5.74, 6) is 0.395. The minimum absolute atomic E-state index is 0.0206. The van der Waals surface area contributed by atoms with E-state index in [4.69, 9.17) is 4.74 Å². The molecule has 1 aromatic heterocycles. The third-order valence-electron chi connectivity index (χ3n) is 3.24. The summed E-state index contributed by atoms with van der Waals surface area (Å²) in [7, 11) is -2.36. The van der Waals surface area contributed by atoms with Crippen molar-refractivity contribution in [1.29, 1.82) is 0 Å². The first kappa shape index (κ1) is 14.3. The van der Waals surface area contributed by atoms with E-state index in [1.54, 1.807) is 12.1 Å². The lowest BCUT2D eigenvalue weighted by Crippen LogP contribution is -2.14. The molecule has 0 aliphatic carbocycles. The lowest BCUT2D eigenvalue weighted by Gasteiger charge is -2.10. The number of hydrogen-bond acceptors (Lipinski definition) is 6. The molecular weight excluding hydrogens is 306 g/mol. The molecule has 0 aliphatic rings. The maximum absolute atomic E-state index is 12.6. The number of anilines is 1. The molecule has 114 valence electrons. The van der Waals surface area contributed by atoms with Crippen LogP contribution >= 0.6 is 0 Å². The Hall–Kier alpha value is -2.61. The standard InChI is InChI=1S/C14H13N3O4S/c1-9-5-3-4-6-10(9)17-22(18,19)12-8-7-11(20-2)13-14(12)16-21-15-13/h3-8,17H,1-2H3. The molecule has 0 fully saturated rings. The number of aryl methyl sites for hydroxylation is 1. The van der Waals surface area contributed by atoms with Crippen LogP contribution < -0.4 is 9.46 Å². The fourth-order valence-corrected chi connectivity index (χ4v) is 3.35. The van der Waals surface area contributed by atoms with Crippen molar-refractivity contribution in [3.05, 3.63) is 42.0 Å². The predicted molar refractivity (Wildman–Crippen MR) is 80.3 cm³/mol. The van der Waals surface area contributed by atoms with Crippen LogP contribution in [0.1, 0.15) is 5.56 Å². The van der Waals surface area contributed by atoms with Crippen molar-refractivity contribution in [3.8, 4) is 5.75 Å². The molecule has 0 aliphatic heterocycles. The number of nitrogens with zero attached hydrogens (tertiary/aromatic N) is 2. The van der Waals surface area contributed by atoms with Gasteiger partial charge in [-0.3, -0.25) is 4.72 Å². The second kappa shape index (κ2) is 5.30. The van der Waals surface area contributed by atoms with Crippen LogP contribution in [0.5, 0.6) is 5.75 Å². The SMILES string of the molecule is COc1ccc(S(=O)(=O)Nc2ccccc2C)c2nonc12. The molecule has 3 aromatic rings. The summed E-state index contributed by atoms with van der Waals surface area (Å²) >= 11 is 0. The smallest absolute Gasteiger partial charge is 0.264 e. The van der Waals surface area contributed by atoms with E-state index in [0.717, 1.165) is 5.56 Å². The highest BCUT2D eigenvalue weighted by Gasteiger charge is 2.23. The van der Waals surface area contributed by atoms with E-state index in [1.165, 1.54) is 19.2 Å². The number of para-hydroxylation sites is 1. The van der Waals surface area contributed by atoms with Gasteiger partial charge >= 0.3 is 0 Å². The van der Waals surface area contributed by atoms with Gasteiger partial charge in [-0.1, -0.05) is 18.2 Å². The molecule has 0 amide bonds. The number of benzene rings is 2. The van der Waals surface area contributed by atoms with Crippen LogP contribution in [-0.4, -0.2) is 25.8 Å². The topological polar surface area (TPSA) is 94.3 Å². The summed E-state index contributed by atoms with van der Waals surface area (Å²) in [6.07, 6.45) is 0. The van der Waals surface area contributed by atoms with Crippen molar-refractivity contribution < 1.29 is 17.8 Å². The second-order valence-electron chi connectivity index (χ2n) is 4.65. The van der Waals surface area contributed by atoms with E-state index in [1.807, 2.05) is 19.1 Å². The molecule has 22 heavy (non-hydrogen) atoms. The van der Waals surface area contributed by atoms with E-state index in [2.05, 4.69) is 19.7 Å².